The van der Waals surface area contributed by atoms with Crippen molar-refractivity contribution in [2.24, 2.45) is 5.92 Å². The lowest BCUT2D eigenvalue weighted by Crippen LogP contribution is -2.45. The van der Waals surface area contributed by atoms with Crippen molar-refractivity contribution < 1.29 is 19.5 Å². The summed E-state index contributed by atoms with van der Waals surface area (Å²) in [6.45, 7) is 2.23. The highest BCUT2D eigenvalue weighted by atomic mass is 32.2. The maximum absolute atomic E-state index is 11.7. The Balaban J connectivity index is 2.29. The number of carboxylic acid groups (broad SMARTS) is 1. The second-order valence-electron chi connectivity index (χ2n) is 5.73. The third-order valence-corrected chi connectivity index (χ3v) is 5.25. The van der Waals surface area contributed by atoms with E-state index in [2.05, 4.69) is 10.6 Å². The van der Waals surface area contributed by atoms with Gasteiger partial charge in [-0.15, -0.1) is 0 Å². The molecule has 1 atom stereocenters. The lowest BCUT2D eigenvalue weighted by atomic mass is 10.0. The molecule has 7 heteroatoms. The Bertz CT molecular complexity index is 394. The molecule has 0 aliphatic heterocycles. The minimum Gasteiger partial charge on any atom is -0.481 e. The van der Waals surface area contributed by atoms with Gasteiger partial charge < -0.3 is 10.4 Å². The van der Waals surface area contributed by atoms with Gasteiger partial charge in [-0.05, 0) is 25.0 Å². The summed E-state index contributed by atoms with van der Waals surface area (Å²) >= 11 is 1.77. The molecule has 3 amide bonds. The number of nitrogens with one attached hydrogen (secondary N) is 2. The van der Waals surface area contributed by atoms with Crippen LogP contribution >= 0.6 is 11.8 Å². The predicted octanol–water partition coefficient (Wildman–Crippen LogP) is 1.99. The SMILES string of the molecule is CSC1(CNC(=O)NC(=O)CC(C)CC(=O)O)CCCC1. The summed E-state index contributed by atoms with van der Waals surface area (Å²) in [5.41, 5.74) is 0. The molecule has 0 aromatic heterocycles. The van der Waals surface area contributed by atoms with Gasteiger partial charge in [0.1, 0.15) is 0 Å². The fraction of sp³-hybridized carbons (Fsp3) is 0.786. The van der Waals surface area contributed by atoms with Crippen LogP contribution in [-0.2, 0) is 9.59 Å². The van der Waals surface area contributed by atoms with E-state index < -0.39 is 17.9 Å². The molecule has 0 saturated heterocycles. The number of rotatable bonds is 7. The summed E-state index contributed by atoms with van der Waals surface area (Å²) in [5.74, 6) is -1.67. The summed E-state index contributed by atoms with van der Waals surface area (Å²) in [5, 5.41) is 13.6. The normalized spacial score (nSPS) is 18.0. The number of urea groups is 1. The average Bonchev–Trinajstić information content (AvgIpc) is 2.84. The summed E-state index contributed by atoms with van der Waals surface area (Å²) in [6, 6.07) is -0.497. The Morgan fingerprint density at radius 1 is 1.24 bits per heavy atom. The molecule has 21 heavy (non-hydrogen) atoms. The lowest BCUT2D eigenvalue weighted by molar-refractivity contribution is -0.138. The van der Waals surface area contributed by atoms with Crippen LogP contribution in [0, 0.1) is 5.92 Å². The first-order valence-electron chi connectivity index (χ1n) is 7.21. The Kier molecular flexibility index (Phi) is 7.01. The molecule has 1 fully saturated rings. The van der Waals surface area contributed by atoms with Crippen LogP contribution in [0.15, 0.2) is 0 Å². The van der Waals surface area contributed by atoms with E-state index >= 15 is 0 Å². The van der Waals surface area contributed by atoms with Crippen LogP contribution in [0.3, 0.4) is 0 Å². The monoisotopic (exact) mass is 316 g/mol. The van der Waals surface area contributed by atoms with Gasteiger partial charge in [-0.25, -0.2) is 4.79 Å². The van der Waals surface area contributed by atoms with Crippen molar-refractivity contribution in [2.75, 3.05) is 12.8 Å². The molecule has 0 aromatic rings. The molecule has 3 N–H and O–H groups in total. The Morgan fingerprint density at radius 3 is 2.38 bits per heavy atom. The van der Waals surface area contributed by atoms with Crippen LogP contribution in [0.5, 0.6) is 0 Å². The topological polar surface area (TPSA) is 95.5 Å². The highest BCUT2D eigenvalue weighted by molar-refractivity contribution is 8.00. The lowest BCUT2D eigenvalue weighted by Gasteiger charge is -2.26. The average molecular weight is 316 g/mol. The zero-order valence-electron chi connectivity index (χ0n) is 12.6. The molecule has 0 aromatic carbocycles. The molecule has 0 heterocycles. The first kappa shape index (κ1) is 17.8. The van der Waals surface area contributed by atoms with Crippen LogP contribution in [0.1, 0.15) is 45.4 Å². The van der Waals surface area contributed by atoms with Gasteiger partial charge in [0.2, 0.25) is 5.91 Å². The number of amides is 3. The van der Waals surface area contributed by atoms with E-state index in [4.69, 9.17) is 5.11 Å². The molecule has 1 rings (SSSR count). The Hall–Kier alpha value is -1.24. The van der Waals surface area contributed by atoms with Gasteiger partial charge in [-0.1, -0.05) is 19.8 Å². The number of imide groups is 1. The molecule has 120 valence electrons. The Labute approximate surface area is 129 Å². The van der Waals surface area contributed by atoms with Crippen molar-refractivity contribution in [3.05, 3.63) is 0 Å². The number of hydrogen-bond acceptors (Lipinski definition) is 4. The highest BCUT2D eigenvalue weighted by Crippen LogP contribution is 2.39. The van der Waals surface area contributed by atoms with Crippen LogP contribution in [0.4, 0.5) is 4.79 Å². The van der Waals surface area contributed by atoms with Gasteiger partial charge in [-0.2, -0.15) is 11.8 Å². The number of carbonyl (C=O) groups excluding carboxylic acids is 2. The molecular formula is C14H24N2O4S. The molecular weight excluding hydrogens is 292 g/mol. The van der Waals surface area contributed by atoms with Gasteiger partial charge in [-0.3, -0.25) is 14.9 Å². The predicted molar refractivity (Wildman–Crippen MR) is 82.3 cm³/mol. The smallest absolute Gasteiger partial charge is 0.321 e. The van der Waals surface area contributed by atoms with E-state index in [1.54, 1.807) is 18.7 Å². The quantitative estimate of drug-likeness (QED) is 0.667. The fourth-order valence-electron chi connectivity index (χ4n) is 2.62. The van der Waals surface area contributed by atoms with Crippen LogP contribution in [0.25, 0.3) is 0 Å². The van der Waals surface area contributed by atoms with Crippen molar-refractivity contribution in [3.8, 4) is 0 Å². The largest absolute Gasteiger partial charge is 0.481 e. The summed E-state index contributed by atoms with van der Waals surface area (Å²) in [7, 11) is 0. The Morgan fingerprint density at radius 2 is 1.86 bits per heavy atom. The maximum atomic E-state index is 11.7. The van der Waals surface area contributed by atoms with Crippen molar-refractivity contribution >= 4 is 29.7 Å². The molecule has 1 saturated carbocycles. The van der Waals surface area contributed by atoms with E-state index in [9.17, 15) is 14.4 Å². The summed E-state index contributed by atoms with van der Waals surface area (Å²) in [6.07, 6.45) is 6.52. The van der Waals surface area contributed by atoms with Crippen molar-refractivity contribution in [1.29, 1.82) is 0 Å². The molecule has 0 radical (unpaired) electrons. The zero-order valence-corrected chi connectivity index (χ0v) is 13.4. The van der Waals surface area contributed by atoms with Gasteiger partial charge in [0.05, 0.1) is 0 Å². The number of thioether (sulfide) groups is 1. The maximum Gasteiger partial charge on any atom is 0.321 e. The second kappa shape index (κ2) is 8.26. The van der Waals surface area contributed by atoms with E-state index in [-0.39, 0.29) is 23.5 Å². The summed E-state index contributed by atoms with van der Waals surface area (Å²) in [4.78, 5) is 33.8. The van der Waals surface area contributed by atoms with Gasteiger partial charge in [0.25, 0.3) is 0 Å². The number of hydrogen-bond donors (Lipinski definition) is 3. The molecule has 1 aliphatic rings. The second-order valence-corrected chi connectivity index (χ2v) is 7.01. The van der Waals surface area contributed by atoms with E-state index in [0.29, 0.717) is 6.54 Å². The number of carboxylic acids is 1. The molecule has 1 unspecified atom stereocenters. The van der Waals surface area contributed by atoms with Gasteiger partial charge >= 0.3 is 12.0 Å². The first-order chi connectivity index (χ1) is 9.87. The van der Waals surface area contributed by atoms with Gasteiger partial charge in [0, 0.05) is 24.1 Å². The fourth-order valence-corrected chi connectivity index (χ4v) is 3.54. The molecule has 1 aliphatic carbocycles. The number of aliphatic carboxylic acids is 1. The van der Waals surface area contributed by atoms with Crippen LogP contribution in [-0.4, -0.2) is 40.6 Å². The molecule has 0 bridgehead atoms. The highest BCUT2D eigenvalue weighted by Gasteiger charge is 2.33. The first-order valence-corrected chi connectivity index (χ1v) is 8.44. The van der Waals surface area contributed by atoms with Crippen LogP contribution in [0.2, 0.25) is 0 Å². The summed E-state index contributed by atoms with van der Waals surface area (Å²) < 4.78 is 0.0942. The standard InChI is InChI=1S/C14H24N2O4S/c1-10(8-12(18)19)7-11(17)16-13(20)15-9-14(21-2)5-3-4-6-14/h10H,3-9H2,1-2H3,(H,18,19)(H2,15,16,17,20). The van der Waals surface area contributed by atoms with Crippen molar-refractivity contribution in [2.45, 2.75) is 50.2 Å². The van der Waals surface area contributed by atoms with Crippen molar-refractivity contribution in [1.82, 2.24) is 10.6 Å². The number of carbonyl (C=O) groups is 3. The van der Waals surface area contributed by atoms with E-state index in [1.807, 2.05) is 6.26 Å². The zero-order chi connectivity index (χ0) is 15.9. The third kappa shape index (κ3) is 6.37. The molecule has 6 nitrogen and oxygen atoms in total. The van der Waals surface area contributed by atoms with E-state index in [0.717, 1.165) is 12.8 Å². The van der Waals surface area contributed by atoms with Crippen molar-refractivity contribution in [3.63, 3.8) is 0 Å². The third-order valence-electron chi connectivity index (χ3n) is 3.83. The minimum absolute atomic E-state index is 0.0351. The minimum atomic E-state index is -0.942. The van der Waals surface area contributed by atoms with Crippen LogP contribution < -0.4 is 10.6 Å². The van der Waals surface area contributed by atoms with Gasteiger partial charge in [0.15, 0.2) is 0 Å². The van der Waals surface area contributed by atoms with E-state index in [1.165, 1.54) is 12.8 Å². The molecule has 0 spiro atoms.